The van der Waals surface area contributed by atoms with Crippen LogP contribution in [0, 0.1) is 0 Å². The van der Waals surface area contributed by atoms with Gasteiger partial charge in [0.15, 0.2) is 0 Å². The lowest BCUT2D eigenvalue weighted by molar-refractivity contribution is -0.139. The van der Waals surface area contributed by atoms with Gasteiger partial charge in [0.2, 0.25) is 0 Å². The Morgan fingerprint density at radius 2 is 1.72 bits per heavy atom. The summed E-state index contributed by atoms with van der Waals surface area (Å²) in [5, 5.41) is 2.41. The summed E-state index contributed by atoms with van der Waals surface area (Å²) in [6, 6.07) is 22.2. The van der Waals surface area contributed by atoms with Crippen LogP contribution in [0.4, 0.5) is 0 Å². The quantitative estimate of drug-likeness (QED) is 0.655. The highest BCUT2D eigenvalue weighted by molar-refractivity contribution is 5.88. The molecular formula is C22H18O3. The van der Waals surface area contributed by atoms with Crippen LogP contribution >= 0.6 is 0 Å². The SMILES string of the molecule is COc1ccc(C2OC(=O)C=C2Cc2cccc3ccccc23)cc1. The molecule has 0 saturated heterocycles. The van der Waals surface area contributed by atoms with Crippen molar-refractivity contribution < 1.29 is 14.3 Å². The normalized spacial score (nSPS) is 16.6. The maximum absolute atomic E-state index is 11.9. The molecule has 25 heavy (non-hydrogen) atoms. The van der Waals surface area contributed by atoms with Crippen molar-refractivity contribution in [2.45, 2.75) is 12.5 Å². The van der Waals surface area contributed by atoms with Gasteiger partial charge in [-0.25, -0.2) is 4.79 Å². The highest BCUT2D eigenvalue weighted by atomic mass is 16.5. The smallest absolute Gasteiger partial charge is 0.331 e. The summed E-state index contributed by atoms with van der Waals surface area (Å²) in [4.78, 5) is 11.9. The van der Waals surface area contributed by atoms with E-state index >= 15 is 0 Å². The Kier molecular flexibility index (Phi) is 3.98. The molecule has 3 aromatic rings. The van der Waals surface area contributed by atoms with Crippen molar-refractivity contribution >= 4 is 16.7 Å². The molecule has 4 rings (SSSR count). The predicted octanol–water partition coefficient (Wildman–Crippen LogP) is 4.62. The number of cyclic esters (lactones) is 1. The minimum absolute atomic E-state index is 0.281. The molecule has 0 aromatic heterocycles. The summed E-state index contributed by atoms with van der Waals surface area (Å²) < 4.78 is 10.7. The van der Waals surface area contributed by atoms with Gasteiger partial charge in [-0.05, 0) is 46.0 Å². The van der Waals surface area contributed by atoms with Gasteiger partial charge >= 0.3 is 5.97 Å². The number of fused-ring (bicyclic) bond motifs is 1. The molecule has 124 valence electrons. The highest BCUT2D eigenvalue weighted by Crippen LogP contribution is 2.35. The zero-order valence-electron chi connectivity index (χ0n) is 13.9. The van der Waals surface area contributed by atoms with E-state index in [4.69, 9.17) is 9.47 Å². The van der Waals surface area contributed by atoms with Crippen LogP contribution < -0.4 is 4.74 Å². The summed E-state index contributed by atoms with van der Waals surface area (Å²) in [6.07, 6.45) is 1.97. The Morgan fingerprint density at radius 3 is 2.52 bits per heavy atom. The van der Waals surface area contributed by atoms with Crippen LogP contribution in [0.25, 0.3) is 10.8 Å². The molecule has 1 atom stereocenters. The first-order valence-corrected chi connectivity index (χ1v) is 8.26. The van der Waals surface area contributed by atoms with Crippen LogP contribution in [0.3, 0.4) is 0 Å². The molecular weight excluding hydrogens is 312 g/mol. The van der Waals surface area contributed by atoms with Gasteiger partial charge in [0, 0.05) is 6.08 Å². The molecule has 0 saturated carbocycles. The van der Waals surface area contributed by atoms with Gasteiger partial charge in [0.25, 0.3) is 0 Å². The Hall–Kier alpha value is -3.07. The van der Waals surface area contributed by atoms with Crippen molar-refractivity contribution in [1.29, 1.82) is 0 Å². The van der Waals surface area contributed by atoms with Gasteiger partial charge in [-0.1, -0.05) is 54.6 Å². The highest BCUT2D eigenvalue weighted by Gasteiger charge is 2.28. The van der Waals surface area contributed by atoms with Crippen molar-refractivity contribution in [1.82, 2.24) is 0 Å². The number of hydrogen-bond donors (Lipinski definition) is 0. The van der Waals surface area contributed by atoms with E-state index in [2.05, 4.69) is 30.3 Å². The molecule has 3 nitrogen and oxygen atoms in total. The van der Waals surface area contributed by atoms with Crippen LogP contribution in [0.5, 0.6) is 5.75 Å². The van der Waals surface area contributed by atoms with E-state index in [0.717, 1.165) is 16.9 Å². The lowest BCUT2D eigenvalue weighted by Gasteiger charge is -2.16. The summed E-state index contributed by atoms with van der Waals surface area (Å²) in [6.45, 7) is 0. The van der Waals surface area contributed by atoms with Gasteiger partial charge < -0.3 is 9.47 Å². The average Bonchev–Trinajstić information content (AvgIpc) is 3.02. The van der Waals surface area contributed by atoms with Gasteiger partial charge in [-0.15, -0.1) is 0 Å². The van der Waals surface area contributed by atoms with Crippen LogP contribution in [0.1, 0.15) is 17.2 Å². The summed E-state index contributed by atoms with van der Waals surface area (Å²) >= 11 is 0. The van der Waals surface area contributed by atoms with Gasteiger partial charge in [0.05, 0.1) is 7.11 Å². The summed E-state index contributed by atoms with van der Waals surface area (Å²) in [7, 11) is 1.64. The predicted molar refractivity (Wildman–Crippen MR) is 97.6 cm³/mol. The molecule has 0 spiro atoms. The average molecular weight is 330 g/mol. The first-order valence-electron chi connectivity index (χ1n) is 8.26. The number of benzene rings is 3. The van der Waals surface area contributed by atoms with Gasteiger partial charge in [0.1, 0.15) is 11.9 Å². The van der Waals surface area contributed by atoms with Crippen LogP contribution in [-0.4, -0.2) is 13.1 Å². The molecule has 0 radical (unpaired) electrons. The second-order valence-corrected chi connectivity index (χ2v) is 6.12. The Bertz CT molecular complexity index is 949. The molecule has 0 fully saturated rings. The number of ether oxygens (including phenoxy) is 2. The lowest BCUT2D eigenvalue weighted by atomic mass is 9.93. The van der Waals surface area contributed by atoms with Crippen molar-refractivity contribution in [3.8, 4) is 5.75 Å². The standard InChI is InChI=1S/C22H18O3/c1-24-19-11-9-16(10-12-19)22-18(14-21(23)25-22)13-17-7-4-6-15-5-2-3-8-20(15)17/h2-12,14,22H,13H2,1H3. The van der Waals surface area contributed by atoms with Crippen LogP contribution in [-0.2, 0) is 16.0 Å². The fraction of sp³-hybridized carbons (Fsp3) is 0.136. The molecule has 1 unspecified atom stereocenters. The monoisotopic (exact) mass is 330 g/mol. The molecule has 1 aliphatic rings. The first-order chi connectivity index (χ1) is 12.2. The molecule has 3 aromatic carbocycles. The zero-order valence-corrected chi connectivity index (χ0v) is 13.9. The number of rotatable bonds is 4. The number of methoxy groups -OCH3 is 1. The van der Waals surface area contributed by atoms with E-state index in [1.54, 1.807) is 13.2 Å². The Balaban J connectivity index is 1.67. The third kappa shape index (κ3) is 3.01. The molecule has 0 N–H and O–H groups in total. The summed E-state index contributed by atoms with van der Waals surface area (Å²) in [5.74, 6) is 0.503. The Morgan fingerprint density at radius 1 is 0.960 bits per heavy atom. The van der Waals surface area contributed by atoms with Crippen molar-refractivity contribution in [3.63, 3.8) is 0 Å². The molecule has 0 amide bonds. The third-order valence-electron chi connectivity index (χ3n) is 4.57. The van der Waals surface area contributed by atoms with Gasteiger partial charge in [-0.3, -0.25) is 0 Å². The van der Waals surface area contributed by atoms with Gasteiger partial charge in [-0.2, -0.15) is 0 Å². The van der Waals surface area contributed by atoms with E-state index < -0.39 is 0 Å². The molecule has 0 bridgehead atoms. The van der Waals surface area contributed by atoms with E-state index in [1.165, 1.54) is 16.3 Å². The van der Waals surface area contributed by atoms with Crippen molar-refractivity contribution in [2.24, 2.45) is 0 Å². The molecule has 3 heteroatoms. The van der Waals surface area contributed by atoms with E-state index in [9.17, 15) is 4.79 Å². The largest absolute Gasteiger partial charge is 0.497 e. The number of carbonyl (C=O) groups excluding carboxylic acids is 1. The van der Waals surface area contributed by atoms with E-state index in [1.807, 2.05) is 36.4 Å². The summed E-state index contributed by atoms with van der Waals surface area (Å²) in [5.41, 5.74) is 3.13. The molecule has 1 heterocycles. The minimum Gasteiger partial charge on any atom is -0.497 e. The fourth-order valence-corrected chi connectivity index (χ4v) is 3.32. The Labute approximate surface area is 146 Å². The topological polar surface area (TPSA) is 35.5 Å². The first kappa shape index (κ1) is 15.5. The number of esters is 1. The maximum Gasteiger partial charge on any atom is 0.331 e. The van der Waals surface area contributed by atoms with Crippen LogP contribution in [0.2, 0.25) is 0 Å². The molecule has 0 aliphatic carbocycles. The van der Waals surface area contributed by atoms with E-state index in [0.29, 0.717) is 6.42 Å². The third-order valence-corrected chi connectivity index (χ3v) is 4.57. The second-order valence-electron chi connectivity index (χ2n) is 6.12. The second kappa shape index (κ2) is 6.44. The molecule has 1 aliphatic heterocycles. The van der Waals surface area contributed by atoms with Crippen molar-refractivity contribution in [3.05, 3.63) is 89.5 Å². The zero-order chi connectivity index (χ0) is 17.2. The number of carbonyl (C=O) groups is 1. The maximum atomic E-state index is 11.9. The van der Waals surface area contributed by atoms with Crippen molar-refractivity contribution in [2.75, 3.05) is 7.11 Å². The number of hydrogen-bond acceptors (Lipinski definition) is 3. The van der Waals surface area contributed by atoms with Crippen LogP contribution in [0.15, 0.2) is 78.4 Å². The van der Waals surface area contributed by atoms with E-state index in [-0.39, 0.29) is 12.1 Å². The lowest BCUT2D eigenvalue weighted by Crippen LogP contribution is -2.05. The fourth-order valence-electron chi connectivity index (χ4n) is 3.32. The minimum atomic E-state index is -0.336.